The summed E-state index contributed by atoms with van der Waals surface area (Å²) in [5.74, 6) is -1.57. The van der Waals surface area contributed by atoms with Crippen LogP contribution in [0.3, 0.4) is 0 Å². The molecule has 2 amide bonds. The molecule has 8 nitrogen and oxygen atoms in total. The molecule has 0 saturated carbocycles. The number of nitrogens with one attached hydrogen (secondary N) is 1. The molecule has 28 heavy (non-hydrogen) atoms. The quantitative estimate of drug-likeness (QED) is 0.641. The zero-order valence-electron chi connectivity index (χ0n) is 15.8. The molecule has 0 aromatic heterocycles. The Morgan fingerprint density at radius 3 is 2.64 bits per heavy atom. The highest BCUT2D eigenvalue weighted by Gasteiger charge is 2.28. The van der Waals surface area contributed by atoms with Crippen LogP contribution in [0.2, 0.25) is 0 Å². The first-order valence-electron chi connectivity index (χ1n) is 9.19. The number of benzene rings is 1. The van der Waals surface area contributed by atoms with Gasteiger partial charge in [0.25, 0.3) is 0 Å². The summed E-state index contributed by atoms with van der Waals surface area (Å²) >= 11 is 0. The summed E-state index contributed by atoms with van der Waals surface area (Å²) in [6, 6.07) is 8.23. The molecule has 2 N–H and O–H groups in total. The van der Waals surface area contributed by atoms with Crippen molar-refractivity contribution in [2.24, 2.45) is 4.99 Å². The third-order valence-corrected chi connectivity index (χ3v) is 4.06. The van der Waals surface area contributed by atoms with Gasteiger partial charge in [-0.25, -0.2) is 4.79 Å². The number of carboxylic acid groups (broad SMARTS) is 1. The predicted molar refractivity (Wildman–Crippen MR) is 104 cm³/mol. The van der Waals surface area contributed by atoms with E-state index in [-0.39, 0.29) is 19.6 Å². The molecule has 0 fully saturated rings. The summed E-state index contributed by atoms with van der Waals surface area (Å²) in [6.45, 7) is 1.78. The molecule has 150 valence electrons. The normalized spacial score (nSPS) is 13.5. The highest BCUT2D eigenvalue weighted by atomic mass is 16.5. The van der Waals surface area contributed by atoms with E-state index in [2.05, 4.69) is 10.3 Å². The summed E-state index contributed by atoms with van der Waals surface area (Å²) in [4.78, 5) is 41.6. The van der Waals surface area contributed by atoms with Gasteiger partial charge < -0.3 is 20.1 Å². The maximum atomic E-state index is 12.9. The van der Waals surface area contributed by atoms with E-state index in [1.807, 2.05) is 43.3 Å². The smallest absolute Gasteiger partial charge is 0.408 e. The van der Waals surface area contributed by atoms with Gasteiger partial charge in [-0.2, -0.15) is 0 Å². The van der Waals surface area contributed by atoms with Crippen LogP contribution in [0.5, 0.6) is 0 Å². The Labute approximate surface area is 163 Å². The van der Waals surface area contributed by atoms with Gasteiger partial charge in [0.1, 0.15) is 19.2 Å². The van der Waals surface area contributed by atoms with E-state index in [1.54, 1.807) is 6.21 Å². The van der Waals surface area contributed by atoms with E-state index in [9.17, 15) is 14.4 Å². The first kappa shape index (κ1) is 21.1. The van der Waals surface area contributed by atoms with E-state index in [0.29, 0.717) is 18.5 Å². The van der Waals surface area contributed by atoms with Crippen LogP contribution in [-0.4, -0.2) is 53.3 Å². The highest BCUT2D eigenvalue weighted by Crippen LogP contribution is 2.15. The topological polar surface area (TPSA) is 108 Å². The zero-order chi connectivity index (χ0) is 20.4. The minimum Gasteiger partial charge on any atom is -0.480 e. The Kier molecular flexibility index (Phi) is 8.20. The molecule has 2 rings (SSSR count). The van der Waals surface area contributed by atoms with Crippen LogP contribution < -0.4 is 5.32 Å². The fourth-order valence-electron chi connectivity index (χ4n) is 2.78. The average Bonchev–Trinajstić information content (AvgIpc) is 3.18. The molecule has 1 unspecified atom stereocenters. The SMILES string of the molecule is CCCN(CC(=O)O)C(=O)C(CC1=CCC=N1)NC(=O)OCc1ccccc1. The van der Waals surface area contributed by atoms with Crippen molar-refractivity contribution in [3.63, 3.8) is 0 Å². The second-order valence-corrected chi connectivity index (χ2v) is 6.36. The van der Waals surface area contributed by atoms with Gasteiger partial charge in [0.05, 0.1) is 0 Å². The lowest BCUT2D eigenvalue weighted by Crippen LogP contribution is -2.50. The largest absolute Gasteiger partial charge is 0.480 e. The van der Waals surface area contributed by atoms with E-state index >= 15 is 0 Å². The maximum absolute atomic E-state index is 12.9. The summed E-state index contributed by atoms with van der Waals surface area (Å²) in [7, 11) is 0. The number of aliphatic imine (C=N–C) groups is 1. The number of ether oxygens (including phenoxy) is 1. The third-order valence-electron chi connectivity index (χ3n) is 4.06. The molecule has 1 aromatic carbocycles. The standard InChI is InChI=1S/C20H25N3O5/c1-2-11-23(13-18(24)25)19(26)17(12-16-9-6-10-21-16)22-20(27)28-14-15-7-4-3-5-8-15/h3-5,7-10,17H,2,6,11-14H2,1H3,(H,22,27)(H,24,25). The summed E-state index contributed by atoms with van der Waals surface area (Å²) in [5.41, 5.74) is 1.50. The van der Waals surface area contributed by atoms with Gasteiger partial charge in [-0.1, -0.05) is 43.3 Å². The molecule has 0 saturated heterocycles. The molecular weight excluding hydrogens is 362 g/mol. The molecule has 1 aromatic rings. The number of nitrogens with zero attached hydrogens (tertiary/aromatic N) is 2. The van der Waals surface area contributed by atoms with Gasteiger partial charge in [-0.15, -0.1) is 0 Å². The van der Waals surface area contributed by atoms with Crippen LogP contribution in [-0.2, 0) is 20.9 Å². The van der Waals surface area contributed by atoms with E-state index in [4.69, 9.17) is 9.84 Å². The summed E-state index contributed by atoms with van der Waals surface area (Å²) in [5, 5.41) is 11.6. The number of hydrogen-bond acceptors (Lipinski definition) is 5. The molecule has 0 bridgehead atoms. The number of allylic oxidation sites excluding steroid dienone is 1. The lowest BCUT2D eigenvalue weighted by atomic mass is 10.1. The van der Waals surface area contributed by atoms with Crippen LogP contribution in [0.1, 0.15) is 31.7 Å². The fourth-order valence-corrected chi connectivity index (χ4v) is 2.78. The van der Waals surface area contributed by atoms with Gasteiger partial charge >= 0.3 is 12.1 Å². The van der Waals surface area contributed by atoms with Crippen molar-refractivity contribution < 1.29 is 24.2 Å². The Morgan fingerprint density at radius 2 is 2.04 bits per heavy atom. The molecule has 0 aliphatic carbocycles. The van der Waals surface area contributed by atoms with E-state index in [0.717, 1.165) is 5.56 Å². The minimum atomic E-state index is -1.11. The number of hydrogen-bond donors (Lipinski definition) is 2. The second-order valence-electron chi connectivity index (χ2n) is 6.36. The molecule has 1 aliphatic rings. The first-order valence-corrected chi connectivity index (χ1v) is 9.19. The van der Waals surface area contributed by atoms with E-state index < -0.39 is 30.6 Å². The Morgan fingerprint density at radius 1 is 1.29 bits per heavy atom. The van der Waals surface area contributed by atoms with Crippen LogP contribution in [0.25, 0.3) is 0 Å². The lowest BCUT2D eigenvalue weighted by molar-refractivity contribution is -0.145. The molecule has 0 radical (unpaired) electrons. The Hall–Kier alpha value is -3.16. The van der Waals surface area contributed by atoms with Crippen molar-refractivity contribution in [1.82, 2.24) is 10.2 Å². The number of aliphatic carboxylic acids is 1. The molecule has 0 spiro atoms. The number of rotatable bonds is 10. The molecule has 1 atom stereocenters. The number of carboxylic acids is 1. The van der Waals surface area contributed by atoms with Gasteiger partial charge in [-0.05, 0) is 12.0 Å². The average molecular weight is 387 g/mol. The van der Waals surface area contributed by atoms with Crippen LogP contribution in [0.4, 0.5) is 4.79 Å². The number of amides is 2. The minimum absolute atomic E-state index is 0.0717. The fraction of sp³-hybridized carbons (Fsp3) is 0.400. The zero-order valence-corrected chi connectivity index (χ0v) is 15.8. The van der Waals surface area contributed by atoms with Crippen molar-refractivity contribution in [2.75, 3.05) is 13.1 Å². The van der Waals surface area contributed by atoms with Crippen molar-refractivity contribution >= 4 is 24.2 Å². The van der Waals surface area contributed by atoms with Gasteiger partial charge in [0.15, 0.2) is 0 Å². The molecular formula is C20H25N3O5. The van der Waals surface area contributed by atoms with Crippen LogP contribution in [0, 0.1) is 0 Å². The number of carbonyl (C=O) groups is 3. The Bertz CT molecular complexity index is 745. The second kappa shape index (κ2) is 10.9. The summed E-state index contributed by atoms with van der Waals surface area (Å²) < 4.78 is 5.20. The number of alkyl carbamates (subject to hydrolysis) is 1. The molecule has 1 aliphatic heterocycles. The van der Waals surface area contributed by atoms with Crippen molar-refractivity contribution in [3.8, 4) is 0 Å². The van der Waals surface area contributed by atoms with Crippen LogP contribution >= 0.6 is 0 Å². The Balaban J connectivity index is 2.04. The van der Waals surface area contributed by atoms with E-state index in [1.165, 1.54) is 4.90 Å². The predicted octanol–water partition coefficient (Wildman–Crippen LogP) is 2.35. The molecule has 8 heteroatoms. The van der Waals surface area contributed by atoms with Crippen molar-refractivity contribution in [3.05, 3.63) is 47.7 Å². The van der Waals surface area contributed by atoms with Gasteiger partial charge in [0.2, 0.25) is 5.91 Å². The van der Waals surface area contributed by atoms with Crippen LogP contribution in [0.15, 0.2) is 47.1 Å². The summed E-state index contributed by atoms with van der Waals surface area (Å²) in [6.07, 6.45) is 4.28. The molecule has 1 heterocycles. The van der Waals surface area contributed by atoms with Crippen molar-refractivity contribution in [1.29, 1.82) is 0 Å². The maximum Gasteiger partial charge on any atom is 0.408 e. The number of carbonyl (C=O) groups excluding carboxylic acids is 2. The highest BCUT2D eigenvalue weighted by molar-refractivity contribution is 5.88. The first-order chi connectivity index (χ1) is 13.5. The lowest BCUT2D eigenvalue weighted by Gasteiger charge is -2.26. The monoisotopic (exact) mass is 387 g/mol. The van der Waals surface area contributed by atoms with Crippen molar-refractivity contribution in [2.45, 2.75) is 38.8 Å². The van der Waals surface area contributed by atoms with Gasteiger partial charge in [0, 0.05) is 31.3 Å². The van der Waals surface area contributed by atoms with Gasteiger partial charge in [-0.3, -0.25) is 14.6 Å². The third kappa shape index (κ3) is 6.86.